The quantitative estimate of drug-likeness (QED) is 0.274. The second-order valence-electron chi connectivity index (χ2n) is 9.98. The molecule has 1 aliphatic carbocycles. The van der Waals surface area contributed by atoms with Gasteiger partial charge in [-0.25, -0.2) is 14.4 Å². The minimum Gasteiger partial charge on any atom is -0.489 e. The predicted octanol–water partition coefficient (Wildman–Crippen LogP) is 6.12. The maximum Gasteiger partial charge on any atom is 0.150 e. The van der Waals surface area contributed by atoms with Crippen molar-refractivity contribution in [1.82, 2.24) is 14.4 Å². The highest BCUT2D eigenvalue weighted by molar-refractivity contribution is 5.85. The molecule has 0 spiro atoms. The first-order chi connectivity index (χ1) is 18.3. The van der Waals surface area contributed by atoms with Crippen molar-refractivity contribution >= 4 is 11.3 Å². The Kier molecular flexibility index (Phi) is 5.96. The minimum absolute atomic E-state index is 0.141. The zero-order chi connectivity index (χ0) is 26.3. The average molecular weight is 511 g/mol. The second kappa shape index (κ2) is 9.46. The van der Waals surface area contributed by atoms with Crippen LogP contribution in [0.2, 0.25) is 0 Å². The number of anilines is 1. The molecular formula is C30H27FN4O3. The van der Waals surface area contributed by atoms with E-state index in [2.05, 4.69) is 4.98 Å². The maximum atomic E-state index is 14.3. The van der Waals surface area contributed by atoms with Gasteiger partial charge in [0.2, 0.25) is 0 Å². The van der Waals surface area contributed by atoms with Gasteiger partial charge in [-0.3, -0.25) is 4.40 Å². The van der Waals surface area contributed by atoms with Gasteiger partial charge in [-0.05, 0) is 49.6 Å². The van der Waals surface area contributed by atoms with E-state index in [1.54, 1.807) is 24.4 Å². The molecule has 3 N–H and O–H groups in total. The summed E-state index contributed by atoms with van der Waals surface area (Å²) in [5, 5.41) is 10.2. The molecule has 38 heavy (non-hydrogen) atoms. The van der Waals surface area contributed by atoms with Crippen LogP contribution in [0.1, 0.15) is 37.1 Å². The van der Waals surface area contributed by atoms with Crippen molar-refractivity contribution in [3.63, 3.8) is 0 Å². The molecule has 7 nitrogen and oxygen atoms in total. The van der Waals surface area contributed by atoms with Crippen molar-refractivity contribution in [3.8, 4) is 28.5 Å². The van der Waals surface area contributed by atoms with E-state index in [4.69, 9.17) is 20.2 Å². The number of hydrogen-bond acceptors (Lipinski definition) is 6. The second-order valence-corrected chi connectivity index (χ2v) is 9.98. The Labute approximate surface area is 219 Å². The third kappa shape index (κ3) is 4.78. The monoisotopic (exact) mass is 510 g/mol. The molecule has 2 heterocycles. The van der Waals surface area contributed by atoms with Crippen LogP contribution in [-0.4, -0.2) is 25.1 Å². The average Bonchev–Trinajstić information content (AvgIpc) is 3.27. The van der Waals surface area contributed by atoms with Gasteiger partial charge >= 0.3 is 0 Å². The number of rotatable bonds is 7. The van der Waals surface area contributed by atoms with Gasteiger partial charge in [0.1, 0.15) is 52.5 Å². The number of aliphatic hydroxyl groups is 1. The minimum atomic E-state index is -0.669. The highest BCUT2D eigenvalue weighted by atomic mass is 19.1. The van der Waals surface area contributed by atoms with Gasteiger partial charge in [0.05, 0.1) is 5.60 Å². The number of halogens is 1. The molecule has 0 radical (unpaired) electrons. The summed E-state index contributed by atoms with van der Waals surface area (Å²) in [6.07, 6.45) is 4.79. The summed E-state index contributed by atoms with van der Waals surface area (Å²) >= 11 is 0. The zero-order valence-electron chi connectivity index (χ0n) is 20.8. The van der Waals surface area contributed by atoms with Gasteiger partial charge in [-0.1, -0.05) is 30.3 Å². The molecule has 6 rings (SSSR count). The number of hydrogen-bond donors (Lipinski definition) is 2. The number of fused-ring (bicyclic) bond motifs is 1. The fourth-order valence-electron chi connectivity index (χ4n) is 5.00. The first-order valence-electron chi connectivity index (χ1n) is 12.5. The van der Waals surface area contributed by atoms with Crippen LogP contribution in [0.4, 0.5) is 10.2 Å². The Morgan fingerprint density at radius 2 is 1.76 bits per heavy atom. The molecule has 5 aromatic rings. The van der Waals surface area contributed by atoms with E-state index in [-0.39, 0.29) is 5.92 Å². The molecule has 0 amide bonds. The van der Waals surface area contributed by atoms with Crippen LogP contribution < -0.4 is 15.2 Å². The van der Waals surface area contributed by atoms with E-state index in [0.717, 1.165) is 22.5 Å². The molecular weight excluding hydrogens is 483 g/mol. The number of ether oxygens (including phenoxy) is 2. The van der Waals surface area contributed by atoms with Gasteiger partial charge in [0.15, 0.2) is 0 Å². The van der Waals surface area contributed by atoms with Crippen LogP contribution in [-0.2, 0) is 6.61 Å². The summed E-state index contributed by atoms with van der Waals surface area (Å²) in [5.41, 5.74) is 8.86. The van der Waals surface area contributed by atoms with E-state index in [1.165, 1.54) is 12.1 Å². The van der Waals surface area contributed by atoms with Crippen LogP contribution >= 0.6 is 0 Å². The van der Waals surface area contributed by atoms with Crippen LogP contribution in [0.5, 0.6) is 17.2 Å². The molecule has 0 atom stereocenters. The van der Waals surface area contributed by atoms with Crippen LogP contribution in [0, 0.1) is 5.82 Å². The van der Waals surface area contributed by atoms with Gasteiger partial charge in [-0.15, -0.1) is 0 Å². The van der Waals surface area contributed by atoms with Crippen molar-refractivity contribution in [3.05, 3.63) is 102 Å². The third-order valence-corrected chi connectivity index (χ3v) is 6.80. The van der Waals surface area contributed by atoms with Gasteiger partial charge in [0, 0.05) is 42.1 Å². The number of benzene rings is 3. The molecule has 192 valence electrons. The molecule has 0 saturated heterocycles. The molecule has 8 heteroatoms. The summed E-state index contributed by atoms with van der Waals surface area (Å²) in [7, 11) is 0. The molecule has 0 unspecified atom stereocenters. The summed E-state index contributed by atoms with van der Waals surface area (Å²) in [6.45, 7) is 2.17. The highest BCUT2D eigenvalue weighted by Crippen LogP contribution is 2.45. The first kappa shape index (κ1) is 23.9. The summed E-state index contributed by atoms with van der Waals surface area (Å²) in [6, 6.07) is 21.4. The van der Waals surface area contributed by atoms with Crippen LogP contribution in [0.25, 0.3) is 16.8 Å². The largest absolute Gasteiger partial charge is 0.489 e. The lowest BCUT2D eigenvalue weighted by Gasteiger charge is -2.40. The van der Waals surface area contributed by atoms with Crippen molar-refractivity contribution in [1.29, 1.82) is 0 Å². The Bertz CT molecular complexity index is 1590. The van der Waals surface area contributed by atoms with Crippen molar-refractivity contribution < 1.29 is 19.0 Å². The van der Waals surface area contributed by atoms with E-state index in [0.29, 0.717) is 48.2 Å². The number of nitrogen functional groups attached to an aromatic ring is 1. The SMILES string of the molecule is C[C@]1(O)C[C@@H](c2nc(-c3ccc(Oc4cc(F)cc(OCc5ccccc5)c4)cc3)c3c(N)nccn32)C1. The van der Waals surface area contributed by atoms with Crippen molar-refractivity contribution in [2.45, 2.75) is 37.9 Å². The first-order valence-corrected chi connectivity index (χ1v) is 12.5. The third-order valence-electron chi connectivity index (χ3n) is 6.80. The van der Waals surface area contributed by atoms with E-state index >= 15 is 0 Å². The molecule has 3 aromatic carbocycles. The molecule has 1 saturated carbocycles. The standard InChI is InChI=1S/C30H27FN4O3/c1-30(36)16-21(17-30)29-34-26(27-28(32)33-11-12-35(27)29)20-7-9-23(10-8-20)38-25-14-22(31)13-24(15-25)37-18-19-5-3-2-4-6-19/h2-15,21,36H,16-18H2,1H3,(H2,32,33)/t21-,30+. The van der Waals surface area contributed by atoms with Gasteiger partial charge in [-0.2, -0.15) is 0 Å². The van der Waals surface area contributed by atoms with Crippen molar-refractivity contribution in [2.75, 3.05) is 5.73 Å². The number of imidazole rings is 1. The molecule has 0 aliphatic heterocycles. The molecule has 1 fully saturated rings. The Hall–Kier alpha value is -4.43. The Morgan fingerprint density at radius 3 is 2.50 bits per heavy atom. The number of nitrogens with zero attached hydrogens (tertiary/aromatic N) is 3. The lowest BCUT2D eigenvalue weighted by atomic mass is 9.72. The normalized spacial score (nSPS) is 18.8. The Balaban J connectivity index is 1.23. The highest BCUT2D eigenvalue weighted by Gasteiger charge is 2.41. The fourth-order valence-corrected chi connectivity index (χ4v) is 5.00. The molecule has 0 bridgehead atoms. The zero-order valence-corrected chi connectivity index (χ0v) is 20.8. The topological polar surface area (TPSA) is 94.9 Å². The van der Waals surface area contributed by atoms with E-state index < -0.39 is 11.4 Å². The summed E-state index contributed by atoms with van der Waals surface area (Å²) in [4.78, 5) is 9.17. The Morgan fingerprint density at radius 1 is 1.03 bits per heavy atom. The van der Waals surface area contributed by atoms with E-state index in [1.807, 2.05) is 60.0 Å². The lowest BCUT2D eigenvalue weighted by molar-refractivity contribution is -0.0335. The van der Waals surface area contributed by atoms with Crippen molar-refractivity contribution in [2.24, 2.45) is 0 Å². The van der Waals surface area contributed by atoms with Crippen LogP contribution in [0.15, 0.2) is 85.2 Å². The summed E-state index contributed by atoms with van der Waals surface area (Å²) < 4.78 is 27.9. The fraction of sp³-hybridized carbons (Fsp3) is 0.200. The maximum absolute atomic E-state index is 14.3. The van der Waals surface area contributed by atoms with E-state index in [9.17, 15) is 9.50 Å². The predicted molar refractivity (Wildman–Crippen MR) is 143 cm³/mol. The molecule has 2 aromatic heterocycles. The number of aromatic nitrogens is 3. The van der Waals surface area contributed by atoms with Crippen LogP contribution in [0.3, 0.4) is 0 Å². The van der Waals surface area contributed by atoms with Gasteiger partial charge in [0.25, 0.3) is 0 Å². The smallest absolute Gasteiger partial charge is 0.150 e. The molecule has 1 aliphatic rings. The lowest BCUT2D eigenvalue weighted by Crippen LogP contribution is -2.40. The number of nitrogens with two attached hydrogens (primary N) is 1. The summed E-state index contributed by atoms with van der Waals surface area (Å²) in [5.74, 6) is 2.20. The van der Waals surface area contributed by atoms with Gasteiger partial charge < -0.3 is 20.3 Å².